The number of hydrogen-bond donors (Lipinski definition) is 1. The number of hydrogen-bond acceptors (Lipinski definition) is 2. The zero-order valence-electron chi connectivity index (χ0n) is 11.7. The number of ether oxygens (including phenoxy) is 1. The van der Waals surface area contributed by atoms with Gasteiger partial charge in [0.25, 0.3) is 0 Å². The quantitative estimate of drug-likeness (QED) is 0.845. The summed E-state index contributed by atoms with van der Waals surface area (Å²) in [6.45, 7) is 3.07. The van der Waals surface area contributed by atoms with Gasteiger partial charge in [-0.2, -0.15) is 0 Å². The predicted octanol–water partition coefficient (Wildman–Crippen LogP) is 3.68. The fourth-order valence-electron chi connectivity index (χ4n) is 3.04. The zero-order valence-corrected chi connectivity index (χ0v) is 11.7. The molecular formula is C16H22FNO. The highest BCUT2D eigenvalue weighted by molar-refractivity contribution is 5.30. The third kappa shape index (κ3) is 2.62. The standard InChI is InChI=1S/C16H22FNO/c1-11(14-6-5-13(19-2)9-15(14)17)18-10-16(7-8-16)12-3-4-12/h5-6,9,11-12,18H,3-4,7-8,10H2,1-2H3. The first-order valence-electron chi connectivity index (χ1n) is 7.21. The molecule has 1 atom stereocenters. The Hall–Kier alpha value is -1.09. The Kier molecular flexibility index (Phi) is 3.25. The lowest BCUT2D eigenvalue weighted by molar-refractivity contribution is 0.376. The van der Waals surface area contributed by atoms with Crippen molar-refractivity contribution in [1.29, 1.82) is 0 Å². The molecule has 2 fully saturated rings. The van der Waals surface area contributed by atoms with E-state index in [1.165, 1.54) is 31.7 Å². The summed E-state index contributed by atoms with van der Waals surface area (Å²) in [6, 6.07) is 5.16. The van der Waals surface area contributed by atoms with E-state index < -0.39 is 0 Å². The molecule has 0 amide bonds. The number of nitrogens with one attached hydrogen (secondary N) is 1. The second-order valence-electron chi connectivity index (χ2n) is 6.13. The fraction of sp³-hybridized carbons (Fsp3) is 0.625. The molecule has 2 saturated carbocycles. The highest BCUT2D eigenvalue weighted by atomic mass is 19.1. The molecule has 3 rings (SSSR count). The summed E-state index contributed by atoms with van der Waals surface area (Å²) in [5.41, 5.74) is 1.28. The van der Waals surface area contributed by atoms with Gasteiger partial charge in [0.2, 0.25) is 0 Å². The van der Waals surface area contributed by atoms with Gasteiger partial charge in [0.15, 0.2) is 0 Å². The van der Waals surface area contributed by atoms with Gasteiger partial charge in [-0.25, -0.2) is 4.39 Å². The molecule has 0 radical (unpaired) electrons. The Balaban J connectivity index is 1.62. The molecule has 2 aliphatic rings. The van der Waals surface area contributed by atoms with Crippen LogP contribution in [0.25, 0.3) is 0 Å². The first-order chi connectivity index (χ1) is 9.14. The SMILES string of the molecule is COc1ccc(C(C)NCC2(C3CC3)CC2)c(F)c1. The van der Waals surface area contributed by atoms with Crippen molar-refractivity contribution in [1.82, 2.24) is 5.32 Å². The Bertz CT molecular complexity index is 466. The first kappa shape index (κ1) is 12.9. The summed E-state index contributed by atoms with van der Waals surface area (Å²) in [6.07, 6.45) is 5.49. The third-order valence-electron chi connectivity index (χ3n) is 4.77. The molecule has 1 unspecified atom stereocenters. The molecule has 0 aromatic heterocycles. The van der Waals surface area contributed by atoms with Gasteiger partial charge in [-0.05, 0) is 50.0 Å². The molecule has 19 heavy (non-hydrogen) atoms. The zero-order chi connectivity index (χ0) is 13.5. The molecule has 1 N–H and O–H groups in total. The van der Waals surface area contributed by atoms with Crippen LogP contribution >= 0.6 is 0 Å². The van der Waals surface area contributed by atoms with Crippen LogP contribution in [0.2, 0.25) is 0 Å². The smallest absolute Gasteiger partial charge is 0.131 e. The van der Waals surface area contributed by atoms with E-state index in [9.17, 15) is 4.39 Å². The van der Waals surface area contributed by atoms with Crippen LogP contribution in [0.4, 0.5) is 4.39 Å². The predicted molar refractivity (Wildman–Crippen MR) is 73.8 cm³/mol. The summed E-state index contributed by atoms with van der Waals surface area (Å²) in [5, 5.41) is 3.52. The lowest BCUT2D eigenvalue weighted by Gasteiger charge is -2.20. The third-order valence-corrected chi connectivity index (χ3v) is 4.77. The average Bonchev–Trinajstić information content (AvgIpc) is 3.28. The molecule has 0 bridgehead atoms. The van der Waals surface area contributed by atoms with Crippen LogP contribution in [-0.4, -0.2) is 13.7 Å². The molecule has 0 spiro atoms. The van der Waals surface area contributed by atoms with E-state index in [4.69, 9.17) is 4.74 Å². The maximum Gasteiger partial charge on any atom is 0.131 e. The summed E-state index contributed by atoms with van der Waals surface area (Å²) >= 11 is 0. The molecule has 0 aliphatic heterocycles. The molecule has 1 aromatic carbocycles. The number of benzene rings is 1. The van der Waals surface area contributed by atoms with Crippen molar-refractivity contribution in [3.05, 3.63) is 29.6 Å². The van der Waals surface area contributed by atoms with Crippen molar-refractivity contribution in [2.45, 2.75) is 38.6 Å². The van der Waals surface area contributed by atoms with Crippen molar-refractivity contribution < 1.29 is 9.13 Å². The summed E-state index contributed by atoms with van der Waals surface area (Å²) in [4.78, 5) is 0. The Labute approximate surface area is 114 Å². The van der Waals surface area contributed by atoms with Crippen LogP contribution in [0.5, 0.6) is 5.75 Å². The van der Waals surface area contributed by atoms with Crippen LogP contribution in [-0.2, 0) is 0 Å². The number of methoxy groups -OCH3 is 1. The molecular weight excluding hydrogens is 241 g/mol. The van der Waals surface area contributed by atoms with Gasteiger partial charge in [0.1, 0.15) is 11.6 Å². The van der Waals surface area contributed by atoms with Gasteiger partial charge >= 0.3 is 0 Å². The van der Waals surface area contributed by atoms with Crippen molar-refractivity contribution in [3.63, 3.8) is 0 Å². The largest absolute Gasteiger partial charge is 0.497 e. The van der Waals surface area contributed by atoms with Gasteiger partial charge in [-0.15, -0.1) is 0 Å². The molecule has 1 aromatic rings. The lowest BCUT2D eigenvalue weighted by atomic mass is 9.99. The van der Waals surface area contributed by atoms with Crippen molar-refractivity contribution >= 4 is 0 Å². The van der Waals surface area contributed by atoms with Gasteiger partial charge < -0.3 is 10.1 Å². The maximum atomic E-state index is 14.0. The highest BCUT2D eigenvalue weighted by Gasteiger charge is 2.53. The van der Waals surface area contributed by atoms with Crippen molar-refractivity contribution in [2.75, 3.05) is 13.7 Å². The van der Waals surface area contributed by atoms with E-state index in [1.807, 2.05) is 19.1 Å². The molecule has 2 nitrogen and oxygen atoms in total. The van der Waals surface area contributed by atoms with Crippen molar-refractivity contribution in [3.8, 4) is 5.75 Å². The van der Waals surface area contributed by atoms with Gasteiger partial charge in [0, 0.05) is 24.2 Å². The van der Waals surface area contributed by atoms with E-state index in [1.54, 1.807) is 7.11 Å². The number of halogens is 1. The maximum absolute atomic E-state index is 14.0. The van der Waals surface area contributed by atoms with Crippen LogP contribution < -0.4 is 10.1 Å². The fourth-order valence-corrected chi connectivity index (χ4v) is 3.04. The van der Waals surface area contributed by atoms with Gasteiger partial charge in [-0.1, -0.05) is 6.07 Å². The van der Waals surface area contributed by atoms with Gasteiger partial charge in [-0.3, -0.25) is 0 Å². The molecule has 0 heterocycles. The minimum Gasteiger partial charge on any atom is -0.497 e. The van der Waals surface area contributed by atoms with Crippen molar-refractivity contribution in [2.24, 2.45) is 11.3 Å². The topological polar surface area (TPSA) is 21.3 Å². The van der Waals surface area contributed by atoms with Crippen LogP contribution in [0.15, 0.2) is 18.2 Å². The monoisotopic (exact) mass is 263 g/mol. The molecule has 104 valence electrons. The molecule has 3 heteroatoms. The van der Waals surface area contributed by atoms with E-state index in [0.717, 1.165) is 18.0 Å². The first-order valence-corrected chi connectivity index (χ1v) is 7.21. The van der Waals surface area contributed by atoms with Crippen LogP contribution in [0.3, 0.4) is 0 Å². The second-order valence-corrected chi connectivity index (χ2v) is 6.13. The molecule has 0 saturated heterocycles. The minimum absolute atomic E-state index is 0.0575. The Morgan fingerprint density at radius 2 is 2.16 bits per heavy atom. The van der Waals surface area contributed by atoms with Crippen LogP contribution in [0, 0.1) is 17.2 Å². The highest BCUT2D eigenvalue weighted by Crippen LogP contribution is 2.60. The van der Waals surface area contributed by atoms with E-state index in [0.29, 0.717) is 11.2 Å². The summed E-state index contributed by atoms with van der Waals surface area (Å²) in [7, 11) is 1.56. The van der Waals surface area contributed by atoms with Gasteiger partial charge in [0.05, 0.1) is 7.11 Å². The van der Waals surface area contributed by atoms with E-state index in [2.05, 4.69) is 5.32 Å². The minimum atomic E-state index is -0.185. The lowest BCUT2D eigenvalue weighted by Crippen LogP contribution is -2.28. The van der Waals surface area contributed by atoms with E-state index in [-0.39, 0.29) is 11.9 Å². The van der Waals surface area contributed by atoms with E-state index >= 15 is 0 Å². The molecule has 2 aliphatic carbocycles. The second kappa shape index (κ2) is 4.78. The normalized spacial score (nSPS) is 22.1. The summed E-state index contributed by atoms with van der Waals surface area (Å²) < 4.78 is 19.0. The Morgan fingerprint density at radius 3 is 2.68 bits per heavy atom. The van der Waals surface area contributed by atoms with Crippen LogP contribution in [0.1, 0.15) is 44.2 Å². The number of rotatable bonds is 6. The average molecular weight is 263 g/mol. The summed E-state index contributed by atoms with van der Waals surface area (Å²) in [5.74, 6) is 1.33. The Morgan fingerprint density at radius 1 is 1.42 bits per heavy atom.